The minimum Gasteiger partial charge on any atom is -0.328 e. The number of hydrogen-bond donors (Lipinski definition) is 2. The molecule has 0 saturated carbocycles. The third-order valence-corrected chi connectivity index (χ3v) is 5.93. The molecule has 158 valence electrons. The average Bonchev–Trinajstić information content (AvgIpc) is 3.28. The number of amides is 2. The number of anilines is 1. The van der Waals surface area contributed by atoms with Crippen LogP contribution in [0.3, 0.4) is 0 Å². The number of nitrogens with zero attached hydrogens (tertiary/aromatic N) is 2. The van der Waals surface area contributed by atoms with Crippen molar-refractivity contribution in [3.8, 4) is 0 Å². The number of urea groups is 1. The van der Waals surface area contributed by atoms with Gasteiger partial charge in [0, 0.05) is 22.7 Å². The van der Waals surface area contributed by atoms with Crippen molar-refractivity contribution in [1.29, 1.82) is 0 Å². The van der Waals surface area contributed by atoms with Crippen molar-refractivity contribution in [3.63, 3.8) is 0 Å². The maximum Gasteiger partial charge on any atom is 0.322 e. The molecule has 0 aliphatic rings. The molecular weight excluding hydrogens is 439 g/mol. The van der Waals surface area contributed by atoms with Crippen LogP contribution in [0.15, 0.2) is 64.3 Å². The zero-order chi connectivity index (χ0) is 22.0. The second-order valence-corrected chi connectivity index (χ2v) is 8.09. The standard InChI is InChI=1S/C22H18ClFN4O2S/c1-13(18-9-25-21(29)17-5-3-2-4-16(17)18)28(10-15-11-31-12-26-15)22(30)27-14-6-7-20(24)19(23)8-14/h2-9,11-13H,10H2,1H3,(H,25,29)(H,27,30)/t13-/m0/s1. The third kappa shape index (κ3) is 4.45. The lowest BCUT2D eigenvalue weighted by molar-refractivity contribution is 0.189. The smallest absolute Gasteiger partial charge is 0.322 e. The van der Waals surface area contributed by atoms with E-state index < -0.39 is 17.9 Å². The summed E-state index contributed by atoms with van der Waals surface area (Å²) in [4.78, 5) is 34.1. The number of carbonyl (C=O) groups excluding carboxylic acids is 1. The Balaban J connectivity index is 1.71. The molecule has 0 spiro atoms. The molecule has 4 rings (SSSR count). The molecule has 2 aromatic heterocycles. The molecule has 1 atom stereocenters. The number of nitrogens with one attached hydrogen (secondary N) is 2. The Morgan fingerprint density at radius 2 is 2.06 bits per heavy atom. The van der Waals surface area contributed by atoms with Crippen molar-refractivity contribution >= 4 is 45.4 Å². The molecule has 4 aromatic rings. The van der Waals surface area contributed by atoms with Gasteiger partial charge < -0.3 is 15.2 Å². The Morgan fingerprint density at radius 1 is 1.29 bits per heavy atom. The van der Waals surface area contributed by atoms with Gasteiger partial charge >= 0.3 is 6.03 Å². The van der Waals surface area contributed by atoms with Crippen LogP contribution >= 0.6 is 22.9 Å². The van der Waals surface area contributed by atoms with Crippen molar-refractivity contribution in [2.45, 2.75) is 19.5 Å². The van der Waals surface area contributed by atoms with Gasteiger partial charge in [0.15, 0.2) is 0 Å². The molecule has 2 N–H and O–H groups in total. The highest BCUT2D eigenvalue weighted by atomic mass is 35.5. The molecule has 6 nitrogen and oxygen atoms in total. The summed E-state index contributed by atoms with van der Waals surface area (Å²) in [6.07, 6.45) is 1.63. The first-order valence-electron chi connectivity index (χ1n) is 9.44. The molecule has 0 unspecified atom stereocenters. The molecule has 2 heterocycles. The quantitative estimate of drug-likeness (QED) is 0.412. The Morgan fingerprint density at radius 3 is 2.77 bits per heavy atom. The number of pyridine rings is 1. The molecule has 2 amide bonds. The fourth-order valence-corrected chi connectivity index (χ4v) is 4.12. The summed E-state index contributed by atoms with van der Waals surface area (Å²) >= 11 is 7.29. The summed E-state index contributed by atoms with van der Waals surface area (Å²) in [5.41, 5.74) is 3.41. The first-order chi connectivity index (χ1) is 14.9. The van der Waals surface area contributed by atoms with E-state index in [0.29, 0.717) is 11.1 Å². The van der Waals surface area contributed by atoms with E-state index in [1.807, 2.05) is 24.4 Å². The van der Waals surface area contributed by atoms with E-state index in [1.54, 1.807) is 28.7 Å². The van der Waals surface area contributed by atoms with Crippen molar-refractivity contribution < 1.29 is 9.18 Å². The predicted octanol–water partition coefficient (Wildman–Crippen LogP) is 5.57. The van der Waals surface area contributed by atoms with Crippen molar-refractivity contribution in [3.05, 3.63) is 92.0 Å². The van der Waals surface area contributed by atoms with E-state index in [4.69, 9.17) is 11.6 Å². The van der Waals surface area contributed by atoms with Crippen LogP contribution in [0, 0.1) is 5.82 Å². The highest BCUT2D eigenvalue weighted by Gasteiger charge is 2.25. The molecule has 0 fully saturated rings. The SMILES string of the molecule is C[C@@H](c1c[nH]c(=O)c2ccccc12)N(Cc1cscn1)C(=O)Nc1ccc(F)c(Cl)c1. The number of carbonyl (C=O) groups is 1. The Hall–Kier alpha value is -3.23. The largest absolute Gasteiger partial charge is 0.328 e. The zero-order valence-corrected chi connectivity index (χ0v) is 18.0. The summed E-state index contributed by atoms with van der Waals surface area (Å²) in [5.74, 6) is -0.563. The molecule has 2 aromatic carbocycles. The van der Waals surface area contributed by atoms with Gasteiger partial charge in [-0.25, -0.2) is 14.2 Å². The lowest BCUT2D eigenvalue weighted by Crippen LogP contribution is -2.37. The molecule has 0 saturated heterocycles. The number of halogens is 2. The first kappa shape index (κ1) is 21.0. The summed E-state index contributed by atoms with van der Waals surface area (Å²) < 4.78 is 13.5. The molecule has 0 radical (unpaired) electrons. The van der Waals surface area contributed by atoms with Crippen LogP contribution in [0.4, 0.5) is 14.9 Å². The van der Waals surface area contributed by atoms with Crippen LogP contribution in [0.5, 0.6) is 0 Å². The number of fused-ring (bicyclic) bond motifs is 1. The minimum absolute atomic E-state index is 0.0801. The van der Waals surface area contributed by atoms with Crippen LogP contribution in [-0.2, 0) is 6.54 Å². The van der Waals surface area contributed by atoms with Crippen LogP contribution < -0.4 is 10.9 Å². The Kier molecular flexibility index (Phi) is 6.01. The van der Waals surface area contributed by atoms with Crippen molar-refractivity contribution in [2.75, 3.05) is 5.32 Å². The molecule has 9 heteroatoms. The van der Waals surface area contributed by atoms with Crippen LogP contribution in [-0.4, -0.2) is 20.9 Å². The predicted molar refractivity (Wildman–Crippen MR) is 121 cm³/mol. The highest BCUT2D eigenvalue weighted by molar-refractivity contribution is 7.07. The fourth-order valence-electron chi connectivity index (χ4n) is 3.39. The normalized spacial score (nSPS) is 12.0. The summed E-state index contributed by atoms with van der Waals surface area (Å²) in [7, 11) is 0. The molecular formula is C22H18ClFN4O2S. The number of hydrogen-bond acceptors (Lipinski definition) is 4. The number of benzene rings is 2. The van der Waals surface area contributed by atoms with E-state index in [-0.39, 0.29) is 17.1 Å². The summed E-state index contributed by atoms with van der Waals surface area (Å²) in [6, 6.07) is 10.4. The zero-order valence-electron chi connectivity index (χ0n) is 16.4. The third-order valence-electron chi connectivity index (χ3n) is 5.01. The second kappa shape index (κ2) is 8.87. The second-order valence-electron chi connectivity index (χ2n) is 6.96. The van der Waals surface area contributed by atoms with E-state index in [0.717, 1.165) is 16.6 Å². The summed E-state index contributed by atoms with van der Waals surface area (Å²) in [6.45, 7) is 2.13. The highest BCUT2D eigenvalue weighted by Crippen LogP contribution is 2.28. The molecule has 0 aliphatic carbocycles. The lowest BCUT2D eigenvalue weighted by atomic mass is 10.0. The van der Waals surface area contributed by atoms with Crippen LogP contribution in [0.2, 0.25) is 5.02 Å². The van der Waals surface area contributed by atoms with E-state index in [9.17, 15) is 14.0 Å². The monoisotopic (exact) mass is 456 g/mol. The van der Waals surface area contributed by atoms with Gasteiger partial charge in [0.05, 0.1) is 28.8 Å². The first-order valence-corrected chi connectivity index (χ1v) is 10.8. The Labute approximate surface area is 186 Å². The molecule has 0 bridgehead atoms. The van der Waals surface area contributed by atoms with Gasteiger partial charge in [-0.1, -0.05) is 29.8 Å². The fraction of sp³-hybridized carbons (Fsp3) is 0.136. The van der Waals surface area contributed by atoms with Gasteiger partial charge in [-0.3, -0.25) is 4.79 Å². The average molecular weight is 457 g/mol. The number of aromatic nitrogens is 2. The van der Waals surface area contributed by atoms with Crippen LogP contribution in [0.1, 0.15) is 24.2 Å². The number of rotatable bonds is 5. The van der Waals surface area contributed by atoms with Crippen molar-refractivity contribution in [1.82, 2.24) is 14.9 Å². The van der Waals surface area contributed by atoms with E-state index >= 15 is 0 Å². The minimum atomic E-state index is -0.563. The van der Waals surface area contributed by atoms with E-state index in [1.165, 1.54) is 29.5 Å². The van der Waals surface area contributed by atoms with Gasteiger partial charge in [-0.15, -0.1) is 11.3 Å². The number of H-pyrrole nitrogens is 1. The summed E-state index contributed by atoms with van der Waals surface area (Å²) in [5, 5.41) is 5.87. The number of aromatic amines is 1. The lowest BCUT2D eigenvalue weighted by Gasteiger charge is -2.30. The molecule has 0 aliphatic heterocycles. The van der Waals surface area contributed by atoms with E-state index in [2.05, 4.69) is 15.3 Å². The van der Waals surface area contributed by atoms with Crippen molar-refractivity contribution in [2.24, 2.45) is 0 Å². The van der Waals surface area contributed by atoms with Gasteiger partial charge in [-0.05, 0) is 42.1 Å². The van der Waals surface area contributed by atoms with Gasteiger partial charge in [0.25, 0.3) is 5.56 Å². The van der Waals surface area contributed by atoms with Gasteiger partial charge in [-0.2, -0.15) is 0 Å². The topological polar surface area (TPSA) is 78.1 Å². The molecule has 31 heavy (non-hydrogen) atoms. The Bertz CT molecular complexity index is 1290. The maximum absolute atomic E-state index is 13.5. The maximum atomic E-state index is 13.5. The van der Waals surface area contributed by atoms with Gasteiger partial charge in [0.1, 0.15) is 5.82 Å². The number of thiazole rings is 1. The van der Waals surface area contributed by atoms with Crippen LogP contribution in [0.25, 0.3) is 10.8 Å². The van der Waals surface area contributed by atoms with Gasteiger partial charge in [0.2, 0.25) is 0 Å².